The quantitative estimate of drug-likeness (QED) is 0.738. The molecule has 0 unspecified atom stereocenters. The van der Waals surface area contributed by atoms with Crippen LogP contribution in [0.4, 0.5) is 5.69 Å². The van der Waals surface area contributed by atoms with Crippen molar-refractivity contribution in [3.8, 4) is 0 Å². The molecule has 20 heavy (non-hydrogen) atoms. The van der Waals surface area contributed by atoms with E-state index in [1.54, 1.807) is 24.5 Å². The number of benzene rings is 1. The third kappa shape index (κ3) is 3.05. The Morgan fingerprint density at radius 2 is 2.10 bits per heavy atom. The molecule has 0 radical (unpaired) electrons. The van der Waals surface area contributed by atoms with Crippen LogP contribution in [0.15, 0.2) is 38.4 Å². The largest absolute Gasteiger partial charge is 0.398 e. The first-order valence-electron chi connectivity index (χ1n) is 5.51. The summed E-state index contributed by atoms with van der Waals surface area (Å²) in [5.41, 5.74) is 6.79. The third-order valence-electron chi connectivity index (χ3n) is 2.67. The minimum absolute atomic E-state index is 0.0618. The van der Waals surface area contributed by atoms with Crippen LogP contribution in [0, 0.1) is 0 Å². The van der Waals surface area contributed by atoms with Gasteiger partial charge in [-0.3, -0.25) is 5.10 Å². The predicted octanol–water partition coefficient (Wildman–Crippen LogP) is 2.34. The predicted molar refractivity (Wildman–Crippen MR) is 83.5 cm³/mol. The van der Waals surface area contributed by atoms with Gasteiger partial charge in [-0.05, 0) is 28.1 Å². The van der Waals surface area contributed by atoms with E-state index in [0.29, 0.717) is 8.95 Å². The van der Waals surface area contributed by atoms with E-state index in [0.717, 1.165) is 5.56 Å². The lowest BCUT2D eigenvalue weighted by Gasteiger charge is -2.19. The van der Waals surface area contributed by atoms with Crippen molar-refractivity contribution < 1.29 is 8.42 Å². The first-order chi connectivity index (χ1) is 9.32. The summed E-state index contributed by atoms with van der Waals surface area (Å²) in [6.07, 6.45) is 3.22. The van der Waals surface area contributed by atoms with Crippen molar-refractivity contribution in [1.82, 2.24) is 14.5 Å². The van der Waals surface area contributed by atoms with E-state index >= 15 is 0 Å². The van der Waals surface area contributed by atoms with E-state index in [9.17, 15) is 8.42 Å². The van der Waals surface area contributed by atoms with Crippen LogP contribution in [-0.2, 0) is 16.6 Å². The summed E-state index contributed by atoms with van der Waals surface area (Å²) in [7, 11) is -2.20. The van der Waals surface area contributed by atoms with E-state index in [1.165, 1.54) is 11.4 Å². The molecule has 0 saturated carbocycles. The molecule has 0 spiro atoms. The summed E-state index contributed by atoms with van der Waals surface area (Å²) in [5, 5.41) is 6.44. The smallest absolute Gasteiger partial charge is 0.246 e. The second kappa shape index (κ2) is 5.84. The Kier molecular flexibility index (Phi) is 4.52. The number of aromatic nitrogens is 2. The van der Waals surface area contributed by atoms with Crippen LogP contribution in [0.2, 0.25) is 0 Å². The fourth-order valence-corrected chi connectivity index (χ4v) is 4.88. The lowest BCUT2D eigenvalue weighted by Crippen LogP contribution is -2.27. The summed E-state index contributed by atoms with van der Waals surface area (Å²) < 4.78 is 27.5. The van der Waals surface area contributed by atoms with Gasteiger partial charge in [0.05, 0.1) is 11.9 Å². The number of nitrogens with one attached hydrogen (secondary N) is 1. The van der Waals surface area contributed by atoms with Crippen LogP contribution >= 0.6 is 31.9 Å². The Balaban J connectivity index is 2.40. The molecule has 0 saturated heterocycles. The maximum atomic E-state index is 12.6. The number of nitrogens with two attached hydrogens (primary N) is 1. The molecule has 2 aromatic rings. The number of hydrogen-bond donors (Lipinski definition) is 2. The molecule has 1 aromatic carbocycles. The molecule has 2 rings (SSSR count). The van der Waals surface area contributed by atoms with Gasteiger partial charge in [-0.15, -0.1) is 0 Å². The standard InChI is InChI=1S/C11H12Br2N4O2S/c1-17(6-7-4-15-16-5-7)20(18,19)11-9(13)2-8(12)3-10(11)14/h2-5H,6,14H2,1H3,(H,15,16). The molecule has 9 heteroatoms. The van der Waals surface area contributed by atoms with Crippen LogP contribution in [0.3, 0.4) is 0 Å². The van der Waals surface area contributed by atoms with Crippen LogP contribution in [0.1, 0.15) is 5.56 Å². The van der Waals surface area contributed by atoms with Crippen molar-refractivity contribution in [1.29, 1.82) is 0 Å². The molecule has 6 nitrogen and oxygen atoms in total. The molecule has 0 bridgehead atoms. The third-order valence-corrected chi connectivity index (χ3v) is 5.93. The summed E-state index contributed by atoms with van der Waals surface area (Å²) in [4.78, 5) is 0.0618. The molecule has 0 aliphatic carbocycles. The van der Waals surface area contributed by atoms with Gasteiger partial charge in [0.1, 0.15) is 4.90 Å². The van der Waals surface area contributed by atoms with Crippen molar-refractivity contribution >= 4 is 47.6 Å². The zero-order valence-electron chi connectivity index (χ0n) is 10.5. The maximum Gasteiger partial charge on any atom is 0.246 e. The van der Waals surface area contributed by atoms with Gasteiger partial charge in [0.15, 0.2) is 0 Å². The van der Waals surface area contributed by atoms with Gasteiger partial charge in [0, 0.05) is 34.3 Å². The first-order valence-corrected chi connectivity index (χ1v) is 8.53. The van der Waals surface area contributed by atoms with Crippen molar-refractivity contribution in [2.75, 3.05) is 12.8 Å². The second-order valence-electron chi connectivity index (χ2n) is 4.17. The highest BCUT2D eigenvalue weighted by atomic mass is 79.9. The number of nitrogen functional groups attached to an aromatic ring is 1. The summed E-state index contributed by atoms with van der Waals surface area (Å²) >= 11 is 6.51. The lowest BCUT2D eigenvalue weighted by atomic mass is 10.3. The van der Waals surface area contributed by atoms with Gasteiger partial charge in [0.2, 0.25) is 10.0 Å². The summed E-state index contributed by atoms with van der Waals surface area (Å²) in [6, 6.07) is 3.21. The normalized spacial score (nSPS) is 12.0. The minimum atomic E-state index is -3.69. The van der Waals surface area contributed by atoms with E-state index < -0.39 is 10.0 Å². The zero-order valence-corrected chi connectivity index (χ0v) is 14.5. The average Bonchev–Trinajstić information content (AvgIpc) is 2.79. The van der Waals surface area contributed by atoms with Crippen LogP contribution in [0.25, 0.3) is 0 Å². The van der Waals surface area contributed by atoms with Crippen LogP contribution < -0.4 is 5.73 Å². The Labute approximate surface area is 133 Å². The molecule has 0 aliphatic rings. The number of H-pyrrole nitrogens is 1. The number of aromatic amines is 1. The molecule has 0 aliphatic heterocycles. The number of anilines is 1. The zero-order chi connectivity index (χ0) is 14.9. The van der Waals surface area contributed by atoms with Gasteiger partial charge >= 0.3 is 0 Å². The van der Waals surface area contributed by atoms with Crippen molar-refractivity contribution in [2.24, 2.45) is 0 Å². The van der Waals surface area contributed by atoms with Crippen molar-refractivity contribution in [3.63, 3.8) is 0 Å². The average molecular weight is 424 g/mol. The number of nitrogens with zero attached hydrogens (tertiary/aromatic N) is 2. The highest BCUT2D eigenvalue weighted by molar-refractivity contribution is 9.11. The number of halogens is 2. The van der Waals surface area contributed by atoms with E-state index in [-0.39, 0.29) is 17.1 Å². The number of rotatable bonds is 4. The molecule has 0 atom stereocenters. The summed E-state index contributed by atoms with van der Waals surface area (Å²) in [5.74, 6) is 0. The highest BCUT2D eigenvalue weighted by Crippen LogP contribution is 2.33. The highest BCUT2D eigenvalue weighted by Gasteiger charge is 2.26. The topological polar surface area (TPSA) is 92.1 Å². The Morgan fingerprint density at radius 3 is 2.65 bits per heavy atom. The molecule has 1 heterocycles. The monoisotopic (exact) mass is 422 g/mol. The lowest BCUT2D eigenvalue weighted by molar-refractivity contribution is 0.467. The maximum absolute atomic E-state index is 12.6. The first kappa shape index (κ1) is 15.5. The van der Waals surface area contributed by atoms with E-state index in [2.05, 4.69) is 42.1 Å². The van der Waals surface area contributed by atoms with Gasteiger partial charge in [-0.2, -0.15) is 9.40 Å². The van der Waals surface area contributed by atoms with Crippen LogP contribution in [0.5, 0.6) is 0 Å². The van der Waals surface area contributed by atoms with E-state index in [4.69, 9.17) is 5.73 Å². The minimum Gasteiger partial charge on any atom is -0.398 e. The van der Waals surface area contributed by atoms with Gasteiger partial charge in [-0.25, -0.2) is 8.42 Å². The molecule has 0 amide bonds. The molecular weight excluding hydrogens is 412 g/mol. The van der Waals surface area contributed by atoms with Crippen LogP contribution in [-0.4, -0.2) is 30.0 Å². The Bertz CT molecular complexity index is 693. The molecular formula is C11H12Br2N4O2S. The Morgan fingerprint density at radius 1 is 1.40 bits per heavy atom. The van der Waals surface area contributed by atoms with Gasteiger partial charge in [0.25, 0.3) is 0 Å². The number of hydrogen-bond acceptors (Lipinski definition) is 4. The fourth-order valence-electron chi connectivity index (χ4n) is 1.71. The number of sulfonamides is 1. The molecule has 108 valence electrons. The van der Waals surface area contributed by atoms with Gasteiger partial charge in [-0.1, -0.05) is 15.9 Å². The van der Waals surface area contributed by atoms with E-state index in [1.807, 2.05) is 0 Å². The van der Waals surface area contributed by atoms with Crippen molar-refractivity contribution in [3.05, 3.63) is 39.0 Å². The summed E-state index contributed by atoms with van der Waals surface area (Å²) in [6.45, 7) is 0.209. The Hall–Kier alpha value is -0.900. The van der Waals surface area contributed by atoms with Crippen molar-refractivity contribution in [2.45, 2.75) is 11.4 Å². The SMILES string of the molecule is CN(Cc1cn[nH]c1)S(=O)(=O)c1c(N)cc(Br)cc1Br. The molecule has 0 fully saturated rings. The fraction of sp³-hybridized carbons (Fsp3) is 0.182. The van der Waals surface area contributed by atoms with Gasteiger partial charge < -0.3 is 5.73 Å². The molecule has 3 N–H and O–H groups in total. The second-order valence-corrected chi connectivity index (χ2v) is 7.93. The molecule has 1 aromatic heterocycles.